The predicted molar refractivity (Wildman–Crippen MR) is 96.8 cm³/mol. The molecule has 4 heteroatoms. The maximum Gasteiger partial charge on any atom is 0.227 e. The van der Waals surface area contributed by atoms with Gasteiger partial charge < -0.3 is 9.47 Å². The Kier molecular flexibility index (Phi) is 4.04. The lowest BCUT2D eigenvalue weighted by atomic mass is 10.1. The van der Waals surface area contributed by atoms with Crippen molar-refractivity contribution < 1.29 is 9.18 Å². The number of aryl methyl sites for hydroxylation is 1. The second-order valence-corrected chi connectivity index (χ2v) is 6.62. The molecule has 0 aliphatic carbocycles. The maximum absolute atomic E-state index is 13.0. The lowest BCUT2D eigenvalue weighted by Crippen LogP contribution is -2.32. The first-order valence-corrected chi connectivity index (χ1v) is 8.77. The van der Waals surface area contributed by atoms with E-state index in [2.05, 4.69) is 35.9 Å². The molecule has 0 bridgehead atoms. The molecule has 3 aromatic rings. The zero-order valence-corrected chi connectivity index (χ0v) is 14.3. The third kappa shape index (κ3) is 2.93. The molecule has 3 nitrogen and oxygen atoms in total. The minimum atomic E-state index is -0.273. The van der Waals surface area contributed by atoms with Crippen LogP contribution in [0.3, 0.4) is 0 Å². The summed E-state index contributed by atoms with van der Waals surface area (Å²) in [5.41, 5.74) is 4.64. The summed E-state index contributed by atoms with van der Waals surface area (Å²) in [7, 11) is 0. The average Bonchev–Trinajstić information content (AvgIpc) is 2.87. The quantitative estimate of drug-likeness (QED) is 0.711. The standard InChI is InChI=1S/C21H21FN2O/c1-2-23-13-17-10-11-24(14-16-4-3-5-19(23)21(16)17)20(25)12-15-6-8-18(22)9-7-15/h3-9,13H,2,10-12,14H2,1H3. The Morgan fingerprint density at radius 1 is 1.12 bits per heavy atom. The van der Waals surface area contributed by atoms with Crippen LogP contribution in [0.25, 0.3) is 10.9 Å². The van der Waals surface area contributed by atoms with E-state index in [9.17, 15) is 9.18 Å². The molecule has 1 aliphatic rings. The van der Waals surface area contributed by atoms with Gasteiger partial charge in [0.2, 0.25) is 5.91 Å². The van der Waals surface area contributed by atoms with E-state index >= 15 is 0 Å². The van der Waals surface area contributed by atoms with Gasteiger partial charge in [0.15, 0.2) is 0 Å². The minimum Gasteiger partial charge on any atom is -0.347 e. The van der Waals surface area contributed by atoms with Crippen LogP contribution in [0.15, 0.2) is 48.7 Å². The molecule has 1 amide bonds. The van der Waals surface area contributed by atoms with Crippen molar-refractivity contribution in [1.29, 1.82) is 0 Å². The van der Waals surface area contributed by atoms with Crippen LogP contribution in [-0.4, -0.2) is 21.9 Å². The topological polar surface area (TPSA) is 25.2 Å². The van der Waals surface area contributed by atoms with E-state index in [1.807, 2.05) is 4.90 Å². The summed E-state index contributed by atoms with van der Waals surface area (Å²) in [6, 6.07) is 12.5. The van der Waals surface area contributed by atoms with Crippen LogP contribution in [0, 0.1) is 5.82 Å². The van der Waals surface area contributed by atoms with Gasteiger partial charge in [0.05, 0.1) is 6.42 Å². The Morgan fingerprint density at radius 3 is 2.68 bits per heavy atom. The summed E-state index contributed by atoms with van der Waals surface area (Å²) >= 11 is 0. The van der Waals surface area contributed by atoms with Crippen molar-refractivity contribution in [2.75, 3.05) is 6.54 Å². The number of rotatable bonds is 3. The highest BCUT2D eigenvalue weighted by atomic mass is 19.1. The summed E-state index contributed by atoms with van der Waals surface area (Å²) in [5.74, 6) is -0.179. The number of halogens is 1. The molecule has 128 valence electrons. The Hall–Kier alpha value is -2.62. The van der Waals surface area contributed by atoms with Gasteiger partial charge in [0, 0.05) is 36.7 Å². The van der Waals surface area contributed by atoms with E-state index in [0.717, 1.165) is 25.1 Å². The molecule has 0 N–H and O–H groups in total. The molecule has 1 aliphatic heterocycles. The molecule has 4 rings (SSSR count). The van der Waals surface area contributed by atoms with Gasteiger partial charge in [0.25, 0.3) is 0 Å². The van der Waals surface area contributed by atoms with Crippen LogP contribution in [0.1, 0.15) is 23.6 Å². The molecule has 2 aromatic carbocycles. The fraction of sp³-hybridized carbons (Fsp3) is 0.286. The van der Waals surface area contributed by atoms with Gasteiger partial charge in [-0.2, -0.15) is 0 Å². The van der Waals surface area contributed by atoms with Crippen molar-refractivity contribution in [3.8, 4) is 0 Å². The van der Waals surface area contributed by atoms with E-state index in [-0.39, 0.29) is 11.7 Å². The van der Waals surface area contributed by atoms with Gasteiger partial charge in [0.1, 0.15) is 5.82 Å². The first kappa shape index (κ1) is 15.9. The molecule has 0 saturated heterocycles. The molecule has 25 heavy (non-hydrogen) atoms. The van der Waals surface area contributed by atoms with Crippen molar-refractivity contribution in [2.24, 2.45) is 0 Å². The van der Waals surface area contributed by atoms with Crippen molar-refractivity contribution >= 4 is 16.8 Å². The Labute approximate surface area is 146 Å². The van der Waals surface area contributed by atoms with Gasteiger partial charge in [-0.3, -0.25) is 4.79 Å². The minimum absolute atomic E-state index is 0.0946. The number of carbonyl (C=O) groups is 1. The third-order valence-corrected chi connectivity index (χ3v) is 5.05. The largest absolute Gasteiger partial charge is 0.347 e. The average molecular weight is 336 g/mol. The van der Waals surface area contributed by atoms with Gasteiger partial charge in [-0.05, 0) is 48.2 Å². The highest BCUT2D eigenvalue weighted by Crippen LogP contribution is 2.29. The van der Waals surface area contributed by atoms with Crippen LogP contribution in [0.4, 0.5) is 4.39 Å². The van der Waals surface area contributed by atoms with Crippen LogP contribution >= 0.6 is 0 Å². The molecule has 0 spiro atoms. The smallest absolute Gasteiger partial charge is 0.227 e. The summed E-state index contributed by atoms with van der Waals surface area (Å²) in [4.78, 5) is 14.7. The number of benzene rings is 2. The summed E-state index contributed by atoms with van der Waals surface area (Å²) < 4.78 is 15.3. The number of hydrogen-bond donors (Lipinski definition) is 0. The second kappa shape index (κ2) is 6.36. The number of amides is 1. The monoisotopic (exact) mass is 336 g/mol. The Morgan fingerprint density at radius 2 is 1.92 bits per heavy atom. The number of aromatic nitrogens is 1. The predicted octanol–water partition coefficient (Wildman–Crippen LogP) is 3.93. The van der Waals surface area contributed by atoms with Gasteiger partial charge in [-0.25, -0.2) is 4.39 Å². The van der Waals surface area contributed by atoms with Gasteiger partial charge in [-0.1, -0.05) is 24.3 Å². The van der Waals surface area contributed by atoms with Crippen LogP contribution in [-0.2, 0) is 30.7 Å². The SMILES string of the molecule is CCn1cc2c3c(cccc31)CN(C(=O)Cc1ccc(F)cc1)CC2. The van der Waals surface area contributed by atoms with E-state index in [1.165, 1.54) is 34.2 Å². The lowest BCUT2D eigenvalue weighted by Gasteiger charge is -2.21. The van der Waals surface area contributed by atoms with Crippen LogP contribution in [0.5, 0.6) is 0 Å². The fourth-order valence-corrected chi connectivity index (χ4v) is 3.74. The van der Waals surface area contributed by atoms with Crippen LogP contribution in [0.2, 0.25) is 0 Å². The molecule has 0 unspecified atom stereocenters. The molecule has 0 fully saturated rings. The first-order valence-electron chi connectivity index (χ1n) is 8.77. The fourth-order valence-electron chi connectivity index (χ4n) is 3.74. The second-order valence-electron chi connectivity index (χ2n) is 6.62. The molecule has 0 saturated carbocycles. The van der Waals surface area contributed by atoms with E-state index < -0.39 is 0 Å². The Bertz CT molecular complexity index is 927. The molecule has 0 radical (unpaired) electrons. The van der Waals surface area contributed by atoms with Crippen molar-refractivity contribution in [2.45, 2.75) is 32.9 Å². The normalized spacial score (nSPS) is 13.9. The summed E-state index contributed by atoms with van der Waals surface area (Å²) in [6.07, 6.45) is 3.41. The van der Waals surface area contributed by atoms with Crippen LogP contribution < -0.4 is 0 Å². The van der Waals surface area contributed by atoms with Crippen molar-refractivity contribution in [3.05, 3.63) is 71.2 Å². The number of carbonyl (C=O) groups excluding carboxylic acids is 1. The first-order chi connectivity index (χ1) is 12.2. The molecule has 1 aromatic heterocycles. The summed E-state index contributed by atoms with van der Waals surface area (Å²) in [6.45, 7) is 4.46. The zero-order valence-electron chi connectivity index (χ0n) is 14.3. The highest BCUT2D eigenvalue weighted by molar-refractivity contribution is 5.89. The Balaban J connectivity index is 1.60. The number of hydrogen-bond acceptors (Lipinski definition) is 1. The van der Waals surface area contributed by atoms with Crippen molar-refractivity contribution in [3.63, 3.8) is 0 Å². The summed E-state index contributed by atoms with van der Waals surface area (Å²) in [5, 5.41) is 1.31. The molecular formula is C21H21FN2O. The molecular weight excluding hydrogens is 315 g/mol. The molecule has 2 heterocycles. The van der Waals surface area contributed by atoms with Gasteiger partial charge in [-0.15, -0.1) is 0 Å². The maximum atomic E-state index is 13.0. The van der Waals surface area contributed by atoms with E-state index in [4.69, 9.17) is 0 Å². The highest BCUT2D eigenvalue weighted by Gasteiger charge is 2.22. The van der Waals surface area contributed by atoms with E-state index in [0.29, 0.717) is 13.0 Å². The van der Waals surface area contributed by atoms with Gasteiger partial charge >= 0.3 is 0 Å². The molecule has 0 atom stereocenters. The third-order valence-electron chi connectivity index (χ3n) is 5.05. The lowest BCUT2D eigenvalue weighted by molar-refractivity contribution is -0.131. The van der Waals surface area contributed by atoms with Crippen molar-refractivity contribution in [1.82, 2.24) is 9.47 Å². The zero-order chi connectivity index (χ0) is 17.4. The number of nitrogens with zero attached hydrogens (tertiary/aromatic N) is 2. The van der Waals surface area contributed by atoms with E-state index in [1.54, 1.807) is 12.1 Å².